The summed E-state index contributed by atoms with van der Waals surface area (Å²) >= 11 is 0. The van der Waals surface area contributed by atoms with Crippen molar-refractivity contribution in [3.05, 3.63) is 71.5 Å². The normalized spacial score (nSPS) is 28.7. The van der Waals surface area contributed by atoms with Crippen molar-refractivity contribution < 1.29 is 18.6 Å². The predicted molar refractivity (Wildman–Crippen MR) is 92.8 cm³/mol. The highest BCUT2D eigenvalue weighted by Gasteiger charge is 2.52. The molecule has 4 rings (SSSR count). The summed E-state index contributed by atoms with van der Waals surface area (Å²) in [5.41, 5.74) is 1.60. The van der Waals surface area contributed by atoms with Crippen LogP contribution < -0.4 is 0 Å². The Morgan fingerprint density at radius 3 is 2.72 bits per heavy atom. The van der Waals surface area contributed by atoms with Gasteiger partial charge in [-0.3, -0.25) is 0 Å². The summed E-state index contributed by atoms with van der Waals surface area (Å²) in [6, 6.07) is 17.2. The summed E-state index contributed by atoms with van der Waals surface area (Å²) in [6.07, 6.45) is 0.716. The average Bonchev–Trinajstić information content (AvgIpc) is 3.09. The first kappa shape index (κ1) is 16.7. The lowest BCUT2D eigenvalue weighted by Crippen LogP contribution is -2.49. The summed E-state index contributed by atoms with van der Waals surface area (Å²) in [5.74, 6) is -0.0298. The summed E-state index contributed by atoms with van der Waals surface area (Å²) in [7, 11) is 0. The fraction of sp³-hybridized carbons (Fsp3) is 0.429. The van der Waals surface area contributed by atoms with Gasteiger partial charge in [-0.05, 0) is 23.6 Å². The van der Waals surface area contributed by atoms with Crippen LogP contribution in [-0.4, -0.2) is 32.5 Å². The van der Waals surface area contributed by atoms with Gasteiger partial charge < -0.3 is 14.2 Å². The molecule has 3 nitrogen and oxygen atoms in total. The van der Waals surface area contributed by atoms with E-state index in [-0.39, 0.29) is 23.3 Å². The van der Waals surface area contributed by atoms with Crippen molar-refractivity contribution in [1.29, 1.82) is 0 Å². The zero-order valence-electron chi connectivity index (χ0n) is 14.2. The van der Waals surface area contributed by atoms with Gasteiger partial charge in [0.2, 0.25) is 0 Å². The topological polar surface area (TPSA) is 27.7 Å². The van der Waals surface area contributed by atoms with Crippen molar-refractivity contribution in [3.63, 3.8) is 0 Å². The second kappa shape index (κ2) is 7.24. The second-order valence-electron chi connectivity index (χ2n) is 6.92. The SMILES string of the molecule is Fc1ccccc1[C@]12CCO[C@H](COCc3ccccc3)[C@H]1COC2. The van der Waals surface area contributed by atoms with Crippen LogP contribution >= 0.6 is 0 Å². The predicted octanol–water partition coefficient (Wildman–Crippen LogP) is 3.72. The van der Waals surface area contributed by atoms with E-state index in [4.69, 9.17) is 14.2 Å². The highest BCUT2D eigenvalue weighted by molar-refractivity contribution is 5.31. The molecular formula is C21H23FO3. The van der Waals surface area contributed by atoms with Crippen LogP contribution in [0.1, 0.15) is 17.5 Å². The second-order valence-corrected chi connectivity index (χ2v) is 6.92. The first-order valence-electron chi connectivity index (χ1n) is 8.86. The van der Waals surface area contributed by atoms with E-state index in [9.17, 15) is 4.39 Å². The summed E-state index contributed by atoms with van der Waals surface area (Å²) in [6.45, 7) is 2.80. The molecule has 0 aliphatic carbocycles. The zero-order valence-corrected chi connectivity index (χ0v) is 14.2. The quantitative estimate of drug-likeness (QED) is 0.829. The van der Waals surface area contributed by atoms with Crippen molar-refractivity contribution in [1.82, 2.24) is 0 Å². The molecule has 2 aliphatic rings. The van der Waals surface area contributed by atoms with Crippen molar-refractivity contribution >= 4 is 0 Å². The van der Waals surface area contributed by atoms with Crippen LogP contribution in [0.25, 0.3) is 0 Å². The van der Waals surface area contributed by atoms with Gasteiger partial charge in [0.05, 0.1) is 32.5 Å². The lowest BCUT2D eigenvalue weighted by molar-refractivity contribution is -0.0956. The smallest absolute Gasteiger partial charge is 0.127 e. The Hall–Kier alpha value is -1.75. The Balaban J connectivity index is 1.48. The minimum atomic E-state index is -0.301. The molecule has 0 bridgehead atoms. The maximum Gasteiger partial charge on any atom is 0.127 e. The van der Waals surface area contributed by atoms with Gasteiger partial charge in [-0.1, -0.05) is 48.5 Å². The van der Waals surface area contributed by atoms with Crippen LogP contribution in [0.3, 0.4) is 0 Å². The lowest BCUT2D eigenvalue weighted by Gasteiger charge is -2.42. The lowest BCUT2D eigenvalue weighted by atomic mass is 9.67. The number of benzene rings is 2. The highest BCUT2D eigenvalue weighted by atomic mass is 19.1. The molecule has 0 spiro atoms. The van der Waals surface area contributed by atoms with E-state index in [0.29, 0.717) is 33.0 Å². The molecule has 0 N–H and O–H groups in total. The van der Waals surface area contributed by atoms with E-state index >= 15 is 0 Å². The fourth-order valence-corrected chi connectivity index (χ4v) is 4.17. The number of hydrogen-bond donors (Lipinski definition) is 0. The van der Waals surface area contributed by atoms with Crippen molar-refractivity contribution in [2.24, 2.45) is 5.92 Å². The molecule has 2 fully saturated rings. The number of rotatable bonds is 5. The summed E-state index contributed by atoms with van der Waals surface area (Å²) in [4.78, 5) is 0. The molecule has 2 saturated heterocycles. The molecule has 0 saturated carbocycles. The minimum absolute atomic E-state index is 0.0698. The van der Waals surface area contributed by atoms with Gasteiger partial charge in [-0.25, -0.2) is 4.39 Å². The molecule has 25 heavy (non-hydrogen) atoms. The fourth-order valence-electron chi connectivity index (χ4n) is 4.17. The Morgan fingerprint density at radius 1 is 1.08 bits per heavy atom. The molecule has 2 aliphatic heterocycles. The molecule has 2 aromatic carbocycles. The average molecular weight is 342 g/mol. The largest absolute Gasteiger partial charge is 0.380 e. The molecule has 0 radical (unpaired) electrons. The van der Waals surface area contributed by atoms with E-state index in [1.165, 1.54) is 6.07 Å². The number of hydrogen-bond acceptors (Lipinski definition) is 3. The number of fused-ring (bicyclic) bond motifs is 1. The van der Waals surface area contributed by atoms with E-state index in [1.54, 1.807) is 6.07 Å². The van der Waals surface area contributed by atoms with Gasteiger partial charge in [0, 0.05) is 17.9 Å². The standard InChI is InChI=1S/C21H23FO3/c22-19-9-5-4-8-17(19)21-10-11-25-20(18(21)13-24-15-21)14-23-12-16-6-2-1-3-7-16/h1-9,18,20H,10-15H2/t18-,20-,21-/m1/s1. The number of halogens is 1. The maximum absolute atomic E-state index is 14.5. The molecule has 0 aromatic heterocycles. The molecular weight excluding hydrogens is 319 g/mol. The summed E-state index contributed by atoms with van der Waals surface area (Å²) < 4.78 is 32.2. The third-order valence-electron chi connectivity index (χ3n) is 5.50. The van der Waals surface area contributed by atoms with Crippen LogP contribution in [0, 0.1) is 11.7 Å². The van der Waals surface area contributed by atoms with Crippen LogP contribution in [-0.2, 0) is 26.2 Å². The molecule has 0 amide bonds. The van der Waals surface area contributed by atoms with Gasteiger partial charge in [0.1, 0.15) is 5.82 Å². The van der Waals surface area contributed by atoms with Crippen molar-refractivity contribution in [2.75, 3.05) is 26.4 Å². The van der Waals surface area contributed by atoms with Gasteiger partial charge in [0.25, 0.3) is 0 Å². The minimum Gasteiger partial charge on any atom is -0.380 e. The zero-order chi connectivity index (χ0) is 17.1. The molecule has 2 heterocycles. The first-order valence-corrected chi connectivity index (χ1v) is 8.86. The third-order valence-corrected chi connectivity index (χ3v) is 5.50. The monoisotopic (exact) mass is 342 g/mol. The summed E-state index contributed by atoms with van der Waals surface area (Å²) in [5, 5.41) is 0. The Bertz CT molecular complexity index is 705. The van der Waals surface area contributed by atoms with Crippen LogP contribution in [0.15, 0.2) is 54.6 Å². The molecule has 0 unspecified atom stereocenters. The molecule has 132 valence electrons. The highest BCUT2D eigenvalue weighted by Crippen LogP contribution is 2.47. The Labute approximate surface area is 147 Å². The van der Waals surface area contributed by atoms with Crippen molar-refractivity contribution in [3.8, 4) is 0 Å². The van der Waals surface area contributed by atoms with Gasteiger partial charge in [-0.15, -0.1) is 0 Å². The number of ether oxygens (including phenoxy) is 3. The van der Waals surface area contributed by atoms with E-state index in [0.717, 1.165) is 17.5 Å². The van der Waals surface area contributed by atoms with E-state index < -0.39 is 0 Å². The first-order chi connectivity index (χ1) is 12.3. The molecule has 3 atom stereocenters. The van der Waals surface area contributed by atoms with E-state index in [2.05, 4.69) is 0 Å². The van der Waals surface area contributed by atoms with E-state index in [1.807, 2.05) is 42.5 Å². The van der Waals surface area contributed by atoms with Crippen molar-refractivity contribution in [2.45, 2.75) is 24.5 Å². The molecule has 2 aromatic rings. The van der Waals surface area contributed by atoms with Gasteiger partial charge in [-0.2, -0.15) is 0 Å². The van der Waals surface area contributed by atoms with Crippen LogP contribution in [0.2, 0.25) is 0 Å². The van der Waals surface area contributed by atoms with Gasteiger partial charge in [0.15, 0.2) is 0 Å². The Morgan fingerprint density at radius 2 is 1.88 bits per heavy atom. The Kier molecular flexibility index (Phi) is 4.84. The maximum atomic E-state index is 14.5. The van der Waals surface area contributed by atoms with Gasteiger partial charge >= 0.3 is 0 Å². The third kappa shape index (κ3) is 3.22. The van der Waals surface area contributed by atoms with Crippen LogP contribution in [0.5, 0.6) is 0 Å². The van der Waals surface area contributed by atoms with Crippen LogP contribution in [0.4, 0.5) is 4.39 Å². The molecule has 4 heteroatoms.